The standard InChI is InChI=1S/C12H14ClNO3/c1-16-9-3-4-11-10(7-9)14(6-2-5-13)12(15)8-17-11/h3-4,7H,2,5-6,8H2,1H3. The fourth-order valence-electron chi connectivity index (χ4n) is 1.77. The maximum Gasteiger partial charge on any atom is 0.265 e. The van der Waals surface area contributed by atoms with Crippen molar-refractivity contribution in [3.05, 3.63) is 18.2 Å². The summed E-state index contributed by atoms with van der Waals surface area (Å²) < 4.78 is 10.5. The van der Waals surface area contributed by atoms with Crippen molar-refractivity contribution in [1.82, 2.24) is 0 Å². The molecule has 92 valence electrons. The first-order valence-corrected chi connectivity index (χ1v) is 5.97. The zero-order valence-electron chi connectivity index (χ0n) is 9.61. The normalized spacial score (nSPS) is 14.2. The van der Waals surface area contributed by atoms with Crippen molar-refractivity contribution in [2.24, 2.45) is 0 Å². The number of fused-ring (bicyclic) bond motifs is 1. The Hall–Kier alpha value is -1.42. The molecular weight excluding hydrogens is 242 g/mol. The number of hydrogen-bond donors (Lipinski definition) is 0. The summed E-state index contributed by atoms with van der Waals surface area (Å²) >= 11 is 5.66. The molecule has 0 unspecified atom stereocenters. The summed E-state index contributed by atoms with van der Waals surface area (Å²) in [5.41, 5.74) is 0.755. The Labute approximate surface area is 105 Å². The third-order valence-electron chi connectivity index (χ3n) is 2.62. The van der Waals surface area contributed by atoms with Gasteiger partial charge >= 0.3 is 0 Å². The Morgan fingerprint density at radius 1 is 1.53 bits per heavy atom. The van der Waals surface area contributed by atoms with E-state index in [0.717, 1.165) is 12.1 Å². The van der Waals surface area contributed by atoms with Gasteiger partial charge in [-0.3, -0.25) is 4.79 Å². The van der Waals surface area contributed by atoms with Crippen LogP contribution >= 0.6 is 11.6 Å². The van der Waals surface area contributed by atoms with E-state index in [4.69, 9.17) is 21.1 Å². The Bertz CT molecular complexity index is 422. The number of carbonyl (C=O) groups excluding carboxylic acids is 1. The molecule has 0 saturated carbocycles. The van der Waals surface area contributed by atoms with Crippen LogP contribution in [0, 0.1) is 0 Å². The van der Waals surface area contributed by atoms with Gasteiger partial charge in [0.05, 0.1) is 12.8 Å². The molecule has 1 heterocycles. The van der Waals surface area contributed by atoms with E-state index in [9.17, 15) is 4.79 Å². The van der Waals surface area contributed by atoms with Gasteiger partial charge in [-0.25, -0.2) is 0 Å². The molecular formula is C12H14ClNO3. The van der Waals surface area contributed by atoms with Gasteiger partial charge in [0.1, 0.15) is 11.5 Å². The first-order chi connectivity index (χ1) is 8.26. The summed E-state index contributed by atoms with van der Waals surface area (Å²) in [7, 11) is 1.59. The summed E-state index contributed by atoms with van der Waals surface area (Å²) in [6.45, 7) is 0.688. The number of rotatable bonds is 4. The van der Waals surface area contributed by atoms with Crippen LogP contribution < -0.4 is 14.4 Å². The summed E-state index contributed by atoms with van der Waals surface area (Å²) in [6.07, 6.45) is 0.754. The Kier molecular flexibility index (Phi) is 3.74. The molecule has 1 aliphatic rings. The number of alkyl halides is 1. The quantitative estimate of drug-likeness (QED) is 0.773. The van der Waals surface area contributed by atoms with E-state index in [1.54, 1.807) is 18.1 Å². The maximum absolute atomic E-state index is 11.8. The molecule has 1 aromatic rings. The average molecular weight is 256 g/mol. The third-order valence-corrected chi connectivity index (χ3v) is 2.89. The molecule has 0 aliphatic carbocycles. The molecule has 1 aliphatic heterocycles. The predicted molar refractivity (Wildman–Crippen MR) is 66.2 cm³/mol. The molecule has 1 aromatic carbocycles. The lowest BCUT2D eigenvalue weighted by Gasteiger charge is -2.29. The lowest BCUT2D eigenvalue weighted by molar-refractivity contribution is -0.121. The van der Waals surface area contributed by atoms with Crippen LogP contribution in [0.4, 0.5) is 5.69 Å². The number of carbonyl (C=O) groups is 1. The van der Waals surface area contributed by atoms with Crippen LogP contribution in [0.1, 0.15) is 6.42 Å². The van der Waals surface area contributed by atoms with E-state index in [2.05, 4.69) is 0 Å². The van der Waals surface area contributed by atoms with Gasteiger partial charge in [-0.2, -0.15) is 0 Å². The van der Waals surface area contributed by atoms with E-state index < -0.39 is 0 Å². The predicted octanol–water partition coefficient (Wildman–Crippen LogP) is 2.05. The van der Waals surface area contributed by atoms with Crippen LogP contribution in [0.15, 0.2) is 18.2 Å². The largest absolute Gasteiger partial charge is 0.497 e. The Morgan fingerprint density at radius 3 is 3.06 bits per heavy atom. The van der Waals surface area contributed by atoms with Gasteiger partial charge in [-0.15, -0.1) is 11.6 Å². The monoisotopic (exact) mass is 255 g/mol. The second kappa shape index (κ2) is 5.27. The molecule has 0 saturated heterocycles. The number of halogens is 1. The molecule has 0 aromatic heterocycles. The van der Waals surface area contributed by atoms with Gasteiger partial charge in [0, 0.05) is 18.5 Å². The Morgan fingerprint density at radius 2 is 2.35 bits per heavy atom. The van der Waals surface area contributed by atoms with E-state index in [0.29, 0.717) is 23.9 Å². The minimum absolute atomic E-state index is 0.0455. The molecule has 17 heavy (non-hydrogen) atoms. The molecule has 0 atom stereocenters. The topological polar surface area (TPSA) is 38.8 Å². The summed E-state index contributed by atoms with van der Waals surface area (Å²) in [4.78, 5) is 13.5. The molecule has 2 rings (SSSR count). The second-order valence-corrected chi connectivity index (χ2v) is 4.09. The third kappa shape index (κ3) is 2.47. The van der Waals surface area contributed by atoms with Gasteiger partial charge in [0.2, 0.25) is 0 Å². The van der Waals surface area contributed by atoms with Crippen molar-refractivity contribution < 1.29 is 14.3 Å². The van der Waals surface area contributed by atoms with Crippen LogP contribution in [0.2, 0.25) is 0 Å². The average Bonchev–Trinajstić information content (AvgIpc) is 2.37. The SMILES string of the molecule is COc1ccc2c(c1)N(CCCCl)C(=O)CO2. The zero-order valence-corrected chi connectivity index (χ0v) is 10.4. The van der Waals surface area contributed by atoms with Gasteiger partial charge < -0.3 is 14.4 Å². The van der Waals surface area contributed by atoms with Gasteiger partial charge in [-0.05, 0) is 18.6 Å². The van der Waals surface area contributed by atoms with Crippen LogP contribution in [0.5, 0.6) is 11.5 Å². The highest BCUT2D eigenvalue weighted by Crippen LogP contribution is 2.35. The molecule has 4 nitrogen and oxygen atoms in total. The van der Waals surface area contributed by atoms with Crippen LogP contribution in [-0.4, -0.2) is 32.0 Å². The molecule has 0 radical (unpaired) electrons. The second-order valence-electron chi connectivity index (χ2n) is 3.71. The number of hydrogen-bond acceptors (Lipinski definition) is 3. The lowest BCUT2D eigenvalue weighted by atomic mass is 10.2. The van der Waals surface area contributed by atoms with Crippen molar-refractivity contribution in [1.29, 1.82) is 0 Å². The highest BCUT2D eigenvalue weighted by atomic mass is 35.5. The smallest absolute Gasteiger partial charge is 0.265 e. The minimum atomic E-state index is -0.0455. The van der Waals surface area contributed by atoms with E-state index >= 15 is 0 Å². The number of amides is 1. The number of ether oxygens (including phenoxy) is 2. The van der Waals surface area contributed by atoms with Crippen molar-refractivity contribution in [2.75, 3.05) is 31.0 Å². The fourth-order valence-corrected chi connectivity index (χ4v) is 1.89. The lowest BCUT2D eigenvalue weighted by Crippen LogP contribution is -2.39. The number of benzene rings is 1. The van der Waals surface area contributed by atoms with Gasteiger partial charge in [0.25, 0.3) is 5.91 Å². The first kappa shape index (κ1) is 12.0. The molecule has 0 spiro atoms. The van der Waals surface area contributed by atoms with Crippen LogP contribution in [0.25, 0.3) is 0 Å². The van der Waals surface area contributed by atoms with Crippen molar-refractivity contribution in [3.63, 3.8) is 0 Å². The number of anilines is 1. The molecule has 5 heteroatoms. The molecule has 1 amide bonds. The van der Waals surface area contributed by atoms with Crippen LogP contribution in [0.3, 0.4) is 0 Å². The molecule has 0 fully saturated rings. The maximum atomic E-state index is 11.8. The number of nitrogens with zero attached hydrogens (tertiary/aromatic N) is 1. The van der Waals surface area contributed by atoms with Gasteiger partial charge in [0.15, 0.2) is 6.61 Å². The summed E-state index contributed by atoms with van der Waals surface area (Å²) in [6, 6.07) is 5.43. The Balaban J connectivity index is 2.31. The van der Waals surface area contributed by atoms with E-state index in [1.165, 1.54) is 0 Å². The van der Waals surface area contributed by atoms with Crippen molar-refractivity contribution in [3.8, 4) is 11.5 Å². The number of methoxy groups -OCH3 is 1. The minimum Gasteiger partial charge on any atom is -0.497 e. The van der Waals surface area contributed by atoms with Gasteiger partial charge in [-0.1, -0.05) is 0 Å². The van der Waals surface area contributed by atoms with Crippen LogP contribution in [-0.2, 0) is 4.79 Å². The van der Waals surface area contributed by atoms with Crippen molar-refractivity contribution >= 4 is 23.2 Å². The molecule has 0 N–H and O–H groups in total. The summed E-state index contributed by atoms with van der Waals surface area (Å²) in [5.74, 6) is 1.90. The van der Waals surface area contributed by atoms with E-state index in [1.807, 2.05) is 12.1 Å². The first-order valence-electron chi connectivity index (χ1n) is 5.43. The fraction of sp³-hybridized carbons (Fsp3) is 0.417. The highest BCUT2D eigenvalue weighted by molar-refractivity contribution is 6.17. The molecule has 0 bridgehead atoms. The van der Waals surface area contributed by atoms with Crippen molar-refractivity contribution in [2.45, 2.75) is 6.42 Å². The summed E-state index contributed by atoms with van der Waals surface area (Å²) in [5, 5.41) is 0. The zero-order chi connectivity index (χ0) is 12.3. The van der Waals surface area contributed by atoms with E-state index in [-0.39, 0.29) is 12.5 Å². The highest BCUT2D eigenvalue weighted by Gasteiger charge is 2.25.